The van der Waals surface area contributed by atoms with Gasteiger partial charge >= 0.3 is 0 Å². The molecule has 0 saturated carbocycles. The number of aryl methyl sites for hydroxylation is 1. The number of nitrogen functional groups attached to an aromatic ring is 1. The van der Waals surface area contributed by atoms with Crippen molar-refractivity contribution in [3.63, 3.8) is 0 Å². The highest BCUT2D eigenvalue weighted by atomic mass is 35.5. The van der Waals surface area contributed by atoms with Crippen molar-refractivity contribution in [3.8, 4) is 0 Å². The Hall–Kier alpha value is -0.970. The molecule has 0 bridgehead atoms. The first kappa shape index (κ1) is 16.0. The molecule has 17 heavy (non-hydrogen) atoms. The molecule has 0 fully saturated rings. The minimum absolute atomic E-state index is 0. The molecule has 96 valence electrons. The summed E-state index contributed by atoms with van der Waals surface area (Å²) in [6.07, 6.45) is 1.81. The number of nitrogens with two attached hydrogens (primary N) is 1. The number of imidazole rings is 1. The molecule has 2 aromatic rings. The molecule has 0 aliphatic carbocycles. The van der Waals surface area contributed by atoms with Crippen molar-refractivity contribution in [3.05, 3.63) is 29.7 Å². The van der Waals surface area contributed by atoms with E-state index in [0.29, 0.717) is 11.4 Å². The maximum Gasteiger partial charge on any atom is 0.137 e. The number of anilines is 1. The van der Waals surface area contributed by atoms with E-state index < -0.39 is 5.60 Å². The molecule has 0 aromatic carbocycles. The SMILES string of the molecule is Cc1c(C(C)(C)O)nc2ccc(N)cn12.Cl.Cl. The van der Waals surface area contributed by atoms with Crippen LogP contribution in [0.2, 0.25) is 0 Å². The summed E-state index contributed by atoms with van der Waals surface area (Å²) >= 11 is 0. The highest BCUT2D eigenvalue weighted by molar-refractivity contribution is 5.85. The van der Waals surface area contributed by atoms with Crippen molar-refractivity contribution in [2.75, 3.05) is 5.73 Å². The summed E-state index contributed by atoms with van der Waals surface area (Å²) in [5, 5.41) is 9.93. The number of fused-ring (bicyclic) bond motifs is 1. The van der Waals surface area contributed by atoms with Gasteiger partial charge in [-0.3, -0.25) is 0 Å². The number of hydrogen-bond donors (Lipinski definition) is 2. The van der Waals surface area contributed by atoms with E-state index in [9.17, 15) is 5.11 Å². The van der Waals surface area contributed by atoms with E-state index >= 15 is 0 Å². The van der Waals surface area contributed by atoms with Crippen LogP contribution in [-0.2, 0) is 5.60 Å². The molecule has 0 saturated heterocycles. The van der Waals surface area contributed by atoms with E-state index in [1.807, 2.05) is 23.6 Å². The van der Waals surface area contributed by atoms with Gasteiger partial charge in [0.25, 0.3) is 0 Å². The first-order valence-corrected chi connectivity index (χ1v) is 4.86. The van der Waals surface area contributed by atoms with Crippen molar-refractivity contribution in [1.82, 2.24) is 9.38 Å². The van der Waals surface area contributed by atoms with Crippen LogP contribution in [0.5, 0.6) is 0 Å². The van der Waals surface area contributed by atoms with Gasteiger partial charge in [-0.15, -0.1) is 24.8 Å². The third kappa shape index (κ3) is 2.83. The van der Waals surface area contributed by atoms with Gasteiger partial charge in [-0.05, 0) is 32.9 Å². The number of hydrogen-bond acceptors (Lipinski definition) is 3. The Morgan fingerprint density at radius 2 is 1.88 bits per heavy atom. The third-order valence-corrected chi connectivity index (χ3v) is 2.46. The van der Waals surface area contributed by atoms with Crippen LogP contribution in [0, 0.1) is 6.92 Å². The number of halogens is 2. The van der Waals surface area contributed by atoms with Gasteiger partial charge in [-0.2, -0.15) is 0 Å². The second-order valence-electron chi connectivity index (χ2n) is 4.30. The molecule has 0 aliphatic rings. The zero-order valence-electron chi connectivity index (χ0n) is 9.97. The Labute approximate surface area is 113 Å². The van der Waals surface area contributed by atoms with Gasteiger partial charge in [0.2, 0.25) is 0 Å². The molecule has 0 aliphatic heterocycles. The molecule has 2 aromatic heterocycles. The van der Waals surface area contributed by atoms with Crippen LogP contribution in [0.25, 0.3) is 5.65 Å². The van der Waals surface area contributed by atoms with E-state index in [4.69, 9.17) is 5.73 Å². The summed E-state index contributed by atoms with van der Waals surface area (Å²) in [5.41, 5.74) is 7.87. The van der Waals surface area contributed by atoms with E-state index in [-0.39, 0.29) is 24.8 Å². The molecule has 3 N–H and O–H groups in total. The van der Waals surface area contributed by atoms with Gasteiger partial charge in [0.1, 0.15) is 11.2 Å². The van der Waals surface area contributed by atoms with Gasteiger partial charge in [-0.25, -0.2) is 4.98 Å². The maximum absolute atomic E-state index is 9.93. The van der Waals surface area contributed by atoms with E-state index in [1.165, 1.54) is 0 Å². The van der Waals surface area contributed by atoms with Crippen LogP contribution < -0.4 is 5.73 Å². The summed E-state index contributed by atoms with van der Waals surface area (Å²) < 4.78 is 1.89. The maximum atomic E-state index is 9.93. The average Bonchev–Trinajstić information content (AvgIpc) is 2.43. The molecule has 0 unspecified atom stereocenters. The Balaban J connectivity index is 0.00000128. The van der Waals surface area contributed by atoms with Gasteiger partial charge < -0.3 is 15.2 Å². The lowest BCUT2D eigenvalue weighted by atomic mass is 10.0. The Morgan fingerprint density at radius 1 is 1.29 bits per heavy atom. The highest BCUT2D eigenvalue weighted by Gasteiger charge is 2.23. The van der Waals surface area contributed by atoms with Crippen LogP contribution in [0.15, 0.2) is 18.3 Å². The number of pyridine rings is 1. The fraction of sp³-hybridized carbons (Fsp3) is 0.364. The lowest BCUT2D eigenvalue weighted by Gasteiger charge is -2.14. The lowest BCUT2D eigenvalue weighted by Crippen LogP contribution is -2.17. The Morgan fingerprint density at radius 3 is 2.41 bits per heavy atom. The zero-order chi connectivity index (χ0) is 11.2. The van der Waals surface area contributed by atoms with E-state index in [2.05, 4.69) is 4.98 Å². The van der Waals surface area contributed by atoms with Crippen LogP contribution >= 0.6 is 24.8 Å². The topological polar surface area (TPSA) is 63.5 Å². The first-order valence-electron chi connectivity index (χ1n) is 4.86. The van der Waals surface area contributed by atoms with Crippen molar-refractivity contribution >= 4 is 36.1 Å². The van der Waals surface area contributed by atoms with Crippen LogP contribution in [0.1, 0.15) is 25.2 Å². The van der Waals surface area contributed by atoms with Crippen LogP contribution in [0.4, 0.5) is 5.69 Å². The molecular weight excluding hydrogens is 261 g/mol. The quantitative estimate of drug-likeness (QED) is 0.841. The fourth-order valence-electron chi connectivity index (χ4n) is 1.76. The monoisotopic (exact) mass is 277 g/mol. The van der Waals surface area contributed by atoms with Gasteiger partial charge in [0, 0.05) is 17.6 Å². The molecule has 0 atom stereocenters. The van der Waals surface area contributed by atoms with Crippen LogP contribution in [-0.4, -0.2) is 14.5 Å². The van der Waals surface area contributed by atoms with Gasteiger partial charge in [-0.1, -0.05) is 0 Å². The Bertz CT molecular complexity index is 517. The predicted octanol–water partition coefficient (Wildman–Crippen LogP) is 2.30. The first-order chi connectivity index (χ1) is 6.89. The van der Waals surface area contributed by atoms with Crippen molar-refractivity contribution in [2.45, 2.75) is 26.4 Å². The standard InChI is InChI=1S/C11H15N3O.2ClH/c1-7-10(11(2,3)15)13-9-5-4-8(12)6-14(7)9;;/h4-6,15H,12H2,1-3H3;2*1H. The normalized spacial score (nSPS) is 10.8. The lowest BCUT2D eigenvalue weighted by molar-refractivity contribution is 0.0737. The molecule has 0 radical (unpaired) electrons. The van der Waals surface area contributed by atoms with Crippen molar-refractivity contribution in [2.24, 2.45) is 0 Å². The molecule has 4 nitrogen and oxygen atoms in total. The van der Waals surface area contributed by atoms with Crippen molar-refractivity contribution in [1.29, 1.82) is 0 Å². The largest absolute Gasteiger partial charge is 0.398 e. The summed E-state index contributed by atoms with van der Waals surface area (Å²) in [4.78, 5) is 4.38. The molecule has 2 rings (SSSR count). The van der Waals surface area contributed by atoms with Crippen LogP contribution in [0.3, 0.4) is 0 Å². The third-order valence-electron chi connectivity index (χ3n) is 2.46. The van der Waals surface area contributed by atoms with Crippen molar-refractivity contribution < 1.29 is 5.11 Å². The number of nitrogens with zero attached hydrogens (tertiary/aromatic N) is 2. The second kappa shape index (κ2) is 5.12. The van der Waals surface area contributed by atoms with E-state index in [1.54, 1.807) is 19.9 Å². The number of aromatic nitrogens is 2. The number of rotatable bonds is 1. The zero-order valence-corrected chi connectivity index (χ0v) is 11.6. The summed E-state index contributed by atoms with van der Waals surface area (Å²) in [6, 6.07) is 3.65. The second-order valence-corrected chi connectivity index (χ2v) is 4.30. The van der Waals surface area contributed by atoms with E-state index in [0.717, 1.165) is 11.3 Å². The van der Waals surface area contributed by atoms with Gasteiger partial charge in [0.15, 0.2) is 0 Å². The minimum Gasteiger partial charge on any atom is -0.398 e. The van der Waals surface area contributed by atoms with Gasteiger partial charge in [0.05, 0.1) is 5.69 Å². The summed E-state index contributed by atoms with van der Waals surface area (Å²) in [5.74, 6) is 0. The summed E-state index contributed by atoms with van der Waals surface area (Å²) in [6.45, 7) is 5.38. The molecular formula is C11H17Cl2N3O. The summed E-state index contributed by atoms with van der Waals surface area (Å²) in [7, 11) is 0. The average molecular weight is 278 g/mol. The Kier molecular flexibility index (Phi) is 4.83. The molecule has 6 heteroatoms. The minimum atomic E-state index is -0.926. The number of aliphatic hydroxyl groups is 1. The predicted molar refractivity (Wildman–Crippen MR) is 74.1 cm³/mol. The smallest absolute Gasteiger partial charge is 0.137 e. The molecule has 0 spiro atoms. The molecule has 0 amide bonds. The molecule has 2 heterocycles. The highest BCUT2D eigenvalue weighted by Crippen LogP contribution is 2.24. The fourth-order valence-corrected chi connectivity index (χ4v) is 1.76.